The van der Waals surface area contributed by atoms with Crippen LogP contribution in [0.3, 0.4) is 0 Å². The predicted octanol–water partition coefficient (Wildman–Crippen LogP) is 7.65. The van der Waals surface area contributed by atoms with Crippen molar-refractivity contribution >= 4 is 11.7 Å². The second-order valence-corrected chi connectivity index (χ2v) is 8.74. The average Bonchev–Trinajstić information content (AvgIpc) is 2.87. The zero-order chi connectivity index (χ0) is 28.1. The lowest BCUT2D eigenvalue weighted by atomic mass is 9.87. The van der Waals surface area contributed by atoms with Gasteiger partial charge in [0.2, 0.25) is 5.91 Å². The lowest BCUT2D eigenvalue weighted by Gasteiger charge is -2.21. The molecule has 0 saturated carbocycles. The molecule has 4 nitrogen and oxygen atoms in total. The molecule has 0 bridgehead atoms. The van der Waals surface area contributed by atoms with Crippen LogP contribution in [0.4, 0.5) is 0 Å². The summed E-state index contributed by atoms with van der Waals surface area (Å²) in [7, 11) is 0. The van der Waals surface area contributed by atoms with Crippen LogP contribution in [0.2, 0.25) is 0 Å². The van der Waals surface area contributed by atoms with Crippen LogP contribution in [0.5, 0.6) is 0 Å². The highest BCUT2D eigenvalue weighted by atomic mass is 16.1. The maximum Gasteiger partial charge on any atom is 0.225 e. The third-order valence-electron chi connectivity index (χ3n) is 5.14. The molecule has 4 heteroatoms. The minimum Gasteiger partial charge on any atom is -0.337 e. The molecule has 0 aromatic heterocycles. The van der Waals surface area contributed by atoms with E-state index in [2.05, 4.69) is 37.6 Å². The smallest absolute Gasteiger partial charge is 0.225 e. The summed E-state index contributed by atoms with van der Waals surface area (Å²) in [5, 5.41) is 2.81. The van der Waals surface area contributed by atoms with Gasteiger partial charge in [-0.05, 0) is 59.8 Å². The van der Waals surface area contributed by atoms with Gasteiger partial charge in [-0.3, -0.25) is 9.59 Å². The summed E-state index contributed by atoms with van der Waals surface area (Å²) in [4.78, 5) is 24.5. The molecule has 3 N–H and O–H groups in total. The van der Waals surface area contributed by atoms with Gasteiger partial charge in [-0.25, -0.2) is 0 Å². The summed E-state index contributed by atoms with van der Waals surface area (Å²) in [5.41, 5.74) is 15.9. The Balaban J connectivity index is -0.00000153. The fourth-order valence-electron chi connectivity index (χ4n) is 2.89. The van der Waals surface area contributed by atoms with Gasteiger partial charge >= 0.3 is 0 Å². The van der Waals surface area contributed by atoms with Crippen molar-refractivity contribution in [3.63, 3.8) is 0 Å². The van der Waals surface area contributed by atoms with Crippen LogP contribution < -0.4 is 11.1 Å². The molecule has 36 heavy (non-hydrogen) atoms. The number of amides is 1. The summed E-state index contributed by atoms with van der Waals surface area (Å²) in [6.07, 6.45) is 8.88. The molecular weight excluding hydrogens is 444 g/mol. The quantitative estimate of drug-likeness (QED) is 0.209. The summed E-state index contributed by atoms with van der Waals surface area (Å²) in [6.45, 7) is 20.3. The Morgan fingerprint density at radius 2 is 1.50 bits per heavy atom. The molecule has 1 atom stereocenters. The first-order valence-electron chi connectivity index (χ1n) is 13.3. The highest BCUT2D eigenvalue weighted by Crippen LogP contribution is 2.24. The molecule has 1 aliphatic carbocycles. The van der Waals surface area contributed by atoms with Crippen molar-refractivity contribution < 1.29 is 11.0 Å². The summed E-state index contributed by atoms with van der Waals surface area (Å²) in [5.74, 6) is 0.0708. The number of carbonyl (C=O) groups is 2. The minimum absolute atomic E-state index is 0. The van der Waals surface area contributed by atoms with Gasteiger partial charge in [0, 0.05) is 14.3 Å². The Morgan fingerprint density at radius 1 is 0.972 bits per heavy atom. The largest absolute Gasteiger partial charge is 0.337 e. The van der Waals surface area contributed by atoms with E-state index in [9.17, 15) is 9.59 Å². The molecule has 0 fully saturated rings. The summed E-state index contributed by atoms with van der Waals surface area (Å²) < 4.78 is 0. The lowest BCUT2D eigenvalue weighted by Crippen LogP contribution is -2.41. The molecule has 0 saturated heterocycles. The third-order valence-corrected chi connectivity index (χ3v) is 5.14. The number of Topliss-reactive ketones (excluding diaryl/α,β-unsaturated/α-hetero) is 1. The van der Waals surface area contributed by atoms with E-state index in [0.717, 1.165) is 22.3 Å². The lowest BCUT2D eigenvalue weighted by molar-refractivity contribution is -0.121. The van der Waals surface area contributed by atoms with E-state index >= 15 is 0 Å². The Morgan fingerprint density at radius 3 is 1.97 bits per heavy atom. The van der Waals surface area contributed by atoms with Crippen LogP contribution in [0.15, 0.2) is 71.2 Å². The zero-order valence-corrected chi connectivity index (χ0v) is 24.4. The monoisotopic (exact) mass is 496 g/mol. The van der Waals surface area contributed by atoms with Crippen LogP contribution >= 0.6 is 0 Å². The van der Waals surface area contributed by atoms with E-state index < -0.39 is 6.17 Å². The molecule has 1 amide bonds. The van der Waals surface area contributed by atoms with Gasteiger partial charge in [0.05, 0.1) is 12.6 Å². The maximum atomic E-state index is 12.3. The molecule has 1 aromatic carbocycles. The molecule has 0 spiro atoms. The van der Waals surface area contributed by atoms with E-state index in [-0.39, 0.29) is 25.0 Å². The van der Waals surface area contributed by atoms with E-state index in [1.54, 1.807) is 0 Å². The van der Waals surface area contributed by atoms with Crippen LogP contribution in [-0.2, 0) is 22.4 Å². The highest BCUT2D eigenvalue weighted by Gasteiger charge is 2.14. The Labute approximate surface area is 222 Å². The second-order valence-electron chi connectivity index (χ2n) is 8.74. The van der Waals surface area contributed by atoms with Crippen molar-refractivity contribution in [1.29, 1.82) is 0 Å². The molecule has 1 unspecified atom stereocenters. The first-order chi connectivity index (χ1) is 17.1. The molecule has 202 valence electrons. The van der Waals surface area contributed by atoms with Gasteiger partial charge in [0.1, 0.15) is 5.78 Å². The van der Waals surface area contributed by atoms with E-state index in [0.29, 0.717) is 19.3 Å². The van der Waals surface area contributed by atoms with Crippen LogP contribution in [0, 0.1) is 5.41 Å². The molecule has 0 aliphatic heterocycles. The van der Waals surface area contributed by atoms with Crippen molar-refractivity contribution in [3.05, 3.63) is 82.3 Å². The van der Waals surface area contributed by atoms with Crippen LogP contribution in [0.1, 0.15) is 94.6 Å². The fraction of sp³-hybridized carbons (Fsp3) is 0.500. The topological polar surface area (TPSA) is 72.2 Å². The summed E-state index contributed by atoms with van der Waals surface area (Å²) in [6, 6.07) is 7.61. The Bertz CT molecular complexity index is 938. The van der Waals surface area contributed by atoms with Crippen molar-refractivity contribution in [1.82, 2.24) is 5.32 Å². The standard InChI is InChI=1S/C26H32N2O2.3C2H6.H2/c1-19(26(2,3)4)16-24(27)28-25(30)18-22-12-10-21(11-13-22)17-23(29)15-14-20-8-6-5-7-9-20;3*1-2;/h6,8-13,16,24H,14-15,17-18,27H2,1-4H3,(H,28,30);3*1-2H3;1H/b19-16+;;;;. The van der Waals surface area contributed by atoms with Gasteiger partial charge in [-0.2, -0.15) is 0 Å². The first kappa shape index (κ1) is 35.3. The third kappa shape index (κ3) is 15.9. The molecule has 1 aliphatic rings. The number of ketones is 1. The van der Waals surface area contributed by atoms with E-state index in [1.165, 1.54) is 0 Å². The van der Waals surface area contributed by atoms with Gasteiger partial charge in [-0.1, -0.05) is 104 Å². The van der Waals surface area contributed by atoms with Crippen molar-refractivity contribution in [2.24, 2.45) is 11.1 Å². The Hall–Kier alpha value is -2.90. The maximum absolute atomic E-state index is 12.3. The second kappa shape index (κ2) is 20.3. The number of hydrogen-bond donors (Lipinski definition) is 2. The van der Waals surface area contributed by atoms with E-state index in [1.807, 2.05) is 97.0 Å². The van der Waals surface area contributed by atoms with Crippen molar-refractivity contribution in [2.45, 2.75) is 101 Å². The predicted molar refractivity (Wildman–Crippen MR) is 158 cm³/mol. The zero-order valence-electron chi connectivity index (χ0n) is 24.4. The summed E-state index contributed by atoms with van der Waals surface area (Å²) >= 11 is 0. The number of nitrogens with two attached hydrogens (primary N) is 1. The number of benzene rings is 1. The number of allylic oxidation sites excluding steroid dienone is 5. The molecule has 0 radical (unpaired) electrons. The number of nitrogens with one attached hydrogen (secondary N) is 1. The number of hydrogen-bond acceptors (Lipinski definition) is 3. The van der Waals surface area contributed by atoms with Crippen molar-refractivity contribution in [3.8, 4) is 0 Å². The normalized spacial score (nSPS) is 12.5. The van der Waals surface area contributed by atoms with Crippen LogP contribution in [-0.4, -0.2) is 17.9 Å². The van der Waals surface area contributed by atoms with Crippen LogP contribution in [0.25, 0.3) is 0 Å². The number of carbonyl (C=O) groups excluding carboxylic acids is 2. The molecule has 2 rings (SSSR count). The minimum atomic E-state index is -0.506. The molecule has 1 aromatic rings. The van der Waals surface area contributed by atoms with Gasteiger partial charge in [-0.15, -0.1) is 0 Å². The Kier molecular flexibility index (Phi) is 19.9. The van der Waals surface area contributed by atoms with Gasteiger partial charge in [0.15, 0.2) is 0 Å². The molecular formula is C32H52N2O2. The van der Waals surface area contributed by atoms with Gasteiger partial charge in [0.25, 0.3) is 0 Å². The SMILES string of the molecule is C/C(=C\C(N)NC(=O)Cc1ccc(CC(=O)CCC2=CC=C=C=C2)cc1)C(C)(C)C.CC.CC.CC.[HH]. The fourth-order valence-corrected chi connectivity index (χ4v) is 2.89. The van der Waals surface area contributed by atoms with Gasteiger partial charge < -0.3 is 11.1 Å². The molecule has 0 heterocycles. The first-order valence-corrected chi connectivity index (χ1v) is 13.3. The highest BCUT2D eigenvalue weighted by molar-refractivity contribution is 5.81. The number of rotatable bonds is 9. The van der Waals surface area contributed by atoms with Crippen molar-refractivity contribution in [2.75, 3.05) is 0 Å². The average molecular weight is 497 g/mol. The van der Waals surface area contributed by atoms with E-state index in [4.69, 9.17) is 5.73 Å².